The third kappa shape index (κ3) is 2.80. The third-order valence-electron chi connectivity index (χ3n) is 4.57. The number of anilines is 2. The molecule has 4 rings (SSSR count). The van der Waals surface area contributed by atoms with Crippen LogP contribution in [0.5, 0.6) is 0 Å². The predicted molar refractivity (Wildman–Crippen MR) is 91.6 cm³/mol. The quantitative estimate of drug-likeness (QED) is 0.806. The molecule has 2 atom stereocenters. The van der Waals surface area contributed by atoms with Gasteiger partial charge in [0.15, 0.2) is 5.65 Å². The van der Waals surface area contributed by atoms with Gasteiger partial charge in [-0.2, -0.15) is 15.1 Å². The molecule has 2 aromatic rings. The van der Waals surface area contributed by atoms with E-state index in [4.69, 9.17) is 19.4 Å². The van der Waals surface area contributed by atoms with Gasteiger partial charge in [0.25, 0.3) is 0 Å². The van der Waals surface area contributed by atoms with Crippen molar-refractivity contribution in [1.29, 1.82) is 0 Å². The van der Waals surface area contributed by atoms with Crippen molar-refractivity contribution in [2.75, 3.05) is 49.2 Å². The van der Waals surface area contributed by atoms with E-state index in [-0.39, 0.29) is 12.2 Å². The van der Waals surface area contributed by atoms with Gasteiger partial charge in [-0.1, -0.05) is 0 Å². The fourth-order valence-corrected chi connectivity index (χ4v) is 3.49. The van der Waals surface area contributed by atoms with Gasteiger partial charge in [0.2, 0.25) is 5.95 Å². The lowest BCUT2D eigenvalue weighted by molar-refractivity contribution is -0.00570. The molecule has 0 bridgehead atoms. The highest BCUT2D eigenvalue weighted by Crippen LogP contribution is 2.28. The van der Waals surface area contributed by atoms with Crippen LogP contribution in [0.2, 0.25) is 0 Å². The second kappa shape index (κ2) is 6.18. The summed E-state index contributed by atoms with van der Waals surface area (Å²) in [5.41, 5.74) is 0.869. The topological polar surface area (TPSA) is 68.5 Å². The first-order chi connectivity index (χ1) is 11.6. The van der Waals surface area contributed by atoms with Gasteiger partial charge in [-0.05, 0) is 13.8 Å². The number of rotatable bonds is 2. The third-order valence-corrected chi connectivity index (χ3v) is 4.57. The summed E-state index contributed by atoms with van der Waals surface area (Å²) in [5, 5.41) is 5.38. The molecule has 0 aliphatic carbocycles. The Morgan fingerprint density at radius 2 is 1.75 bits per heavy atom. The Morgan fingerprint density at radius 3 is 2.46 bits per heavy atom. The highest BCUT2D eigenvalue weighted by Gasteiger charge is 2.27. The maximum Gasteiger partial charge on any atom is 0.229 e. The summed E-state index contributed by atoms with van der Waals surface area (Å²) in [7, 11) is 1.92. The monoisotopic (exact) mass is 332 g/mol. The standard InChI is InChI=1S/C16H24N6O2/c1-11-9-22(10-12(2)24-11)16-18-14-13(8-17-20(14)3)15(19-16)21-4-6-23-7-5-21/h8,11-12H,4-7,9-10H2,1-3H3/t11-,12-/m0/s1. The van der Waals surface area contributed by atoms with Crippen molar-refractivity contribution in [3.63, 3.8) is 0 Å². The summed E-state index contributed by atoms with van der Waals surface area (Å²) >= 11 is 0. The number of ether oxygens (including phenoxy) is 2. The van der Waals surface area contributed by atoms with Gasteiger partial charge < -0.3 is 19.3 Å². The number of fused-ring (bicyclic) bond motifs is 1. The van der Waals surface area contributed by atoms with Gasteiger partial charge in [0, 0.05) is 33.2 Å². The van der Waals surface area contributed by atoms with Gasteiger partial charge in [0.1, 0.15) is 5.82 Å². The molecule has 24 heavy (non-hydrogen) atoms. The van der Waals surface area contributed by atoms with Crippen molar-refractivity contribution in [3.8, 4) is 0 Å². The highest BCUT2D eigenvalue weighted by atomic mass is 16.5. The number of nitrogens with zero attached hydrogens (tertiary/aromatic N) is 6. The molecule has 2 saturated heterocycles. The Bertz CT molecular complexity index is 717. The fourth-order valence-electron chi connectivity index (χ4n) is 3.49. The molecule has 0 radical (unpaired) electrons. The molecule has 0 unspecified atom stereocenters. The minimum atomic E-state index is 0.173. The molecule has 0 amide bonds. The lowest BCUT2D eigenvalue weighted by atomic mass is 10.2. The zero-order valence-electron chi connectivity index (χ0n) is 14.5. The molecule has 0 N–H and O–H groups in total. The summed E-state index contributed by atoms with van der Waals surface area (Å²) in [5.74, 6) is 1.72. The molecule has 2 aliphatic rings. The molecule has 2 aromatic heterocycles. The maximum atomic E-state index is 5.84. The van der Waals surface area contributed by atoms with Gasteiger partial charge >= 0.3 is 0 Å². The van der Waals surface area contributed by atoms with Crippen molar-refractivity contribution in [2.24, 2.45) is 7.05 Å². The number of aryl methyl sites for hydroxylation is 1. The van der Waals surface area contributed by atoms with E-state index in [1.807, 2.05) is 17.9 Å². The van der Waals surface area contributed by atoms with E-state index in [0.717, 1.165) is 62.2 Å². The lowest BCUT2D eigenvalue weighted by Crippen LogP contribution is -2.46. The lowest BCUT2D eigenvalue weighted by Gasteiger charge is -2.36. The van der Waals surface area contributed by atoms with Crippen LogP contribution in [0.3, 0.4) is 0 Å². The van der Waals surface area contributed by atoms with Gasteiger partial charge in [-0.3, -0.25) is 4.68 Å². The molecule has 4 heterocycles. The summed E-state index contributed by atoms with van der Waals surface area (Å²) < 4.78 is 13.1. The van der Waals surface area contributed by atoms with Crippen LogP contribution in [0.25, 0.3) is 11.0 Å². The smallest absolute Gasteiger partial charge is 0.229 e. The maximum absolute atomic E-state index is 5.84. The Balaban J connectivity index is 1.77. The summed E-state index contributed by atoms with van der Waals surface area (Å²) in [6.45, 7) is 8.93. The molecule has 2 aliphatic heterocycles. The SMILES string of the molecule is C[C@H]1CN(c2nc(N3CCOCC3)c3cnn(C)c3n2)C[C@H](C)O1. The van der Waals surface area contributed by atoms with Crippen molar-refractivity contribution in [2.45, 2.75) is 26.1 Å². The number of aromatic nitrogens is 4. The summed E-state index contributed by atoms with van der Waals surface area (Å²) in [4.78, 5) is 14.2. The van der Waals surface area contributed by atoms with E-state index in [2.05, 4.69) is 28.7 Å². The van der Waals surface area contributed by atoms with Crippen molar-refractivity contribution in [3.05, 3.63) is 6.20 Å². The Labute approximate surface area is 141 Å². The molecule has 0 saturated carbocycles. The summed E-state index contributed by atoms with van der Waals surface area (Å²) in [6.07, 6.45) is 2.20. The van der Waals surface area contributed by atoms with Crippen LogP contribution in [0.1, 0.15) is 13.8 Å². The molecule has 130 valence electrons. The van der Waals surface area contributed by atoms with E-state index < -0.39 is 0 Å². The molecule has 0 aromatic carbocycles. The molecule has 2 fully saturated rings. The van der Waals surface area contributed by atoms with E-state index in [1.54, 1.807) is 0 Å². The zero-order chi connectivity index (χ0) is 16.7. The van der Waals surface area contributed by atoms with E-state index >= 15 is 0 Å². The Hall–Kier alpha value is -1.93. The van der Waals surface area contributed by atoms with Crippen molar-refractivity contribution >= 4 is 22.8 Å². The first-order valence-electron chi connectivity index (χ1n) is 8.54. The number of hydrogen-bond acceptors (Lipinski definition) is 7. The minimum Gasteiger partial charge on any atom is -0.378 e. The molecule has 0 spiro atoms. The van der Waals surface area contributed by atoms with Crippen LogP contribution in [0, 0.1) is 0 Å². The first kappa shape index (κ1) is 15.6. The fraction of sp³-hybridized carbons (Fsp3) is 0.688. The Kier molecular flexibility index (Phi) is 4.01. The zero-order valence-corrected chi connectivity index (χ0v) is 14.5. The molecule has 8 heteroatoms. The predicted octanol–water partition coefficient (Wildman–Crippen LogP) is 0.813. The van der Waals surface area contributed by atoms with Crippen LogP contribution in [-0.2, 0) is 16.5 Å². The van der Waals surface area contributed by atoms with Crippen molar-refractivity contribution < 1.29 is 9.47 Å². The van der Waals surface area contributed by atoms with E-state index in [1.165, 1.54) is 0 Å². The molecular formula is C16H24N6O2. The van der Waals surface area contributed by atoms with Gasteiger partial charge in [0.05, 0.1) is 37.0 Å². The second-order valence-electron chi connectivity index (χ2n) is 6.61. The highest BCUT2D eigenvalue weighted by molar-refractivity contribution is 5.88. The Morgan fingerprint density at radius 1 is 1.04 bits per heavy atom. The van der Waals surface area contributed by atoms with Crippen LogP contribution in [-0.4, -0.2) is 71.3 Å². The average Bonchev–Trinajstić information content (AvgIpc) is 2.95. The first-order valence-corrected chi connectivity index (χ1v) is 8.54. The van der Waals surface area contributed by atoms with Gasteiger partial charge in [-0.15, -0.1) is 0 Å². The summed E-state index contributed by atoms with van der Waals surface area (Å²) in [6, 6.07) is 0. The molecule has 8 nitrogen and oxygen atoms in total. The van der Waals surface area contributed by atoms with E-state index in [0.29, 0.717) is 0 Å². The van der Waals surface area contributed by atoms with Crippen LogP contribution in [0.15, 0.2) is 6.20 Å². The van der Waals surface area contributed by atoms with Crippen LogP contribution < -0.4 is 9.80 Å². The largest absolute Gasteiger partial charge is 0.378 e. The van der Waals surface area contributed by atoms with Gasteiger partial charge in [-0.25, -0.2) is 0 Å². The van der Waals surface area contributed by atoms with Crippen LogP contribution in [0.4, 0.5) is 11.8 Å². The van der Waals surface area contributed by atoms with E-state index in [9.17, 15) is 0 Å². The average molecular weight is 332 g/mol. The minimum absolute atomic E-state index is 0.173. The molecular weight excluding hydrogens is 308 g/mol. The number of hydrogen-bond donors (Lipinski definition) is 0. The number of morpholine rings is 2. The normalized spacial score (nSPS) is 25.5. The van der Waals surface area contributed by atoms with Crippen LogP contribution >= 0.6 is 0 Å². The van der Waals surface area contributed by atoms with Crippen molar-refractivity contribution in [1.82, 2.24) is 19.7 Å². The second-order valence-corrected chi connectivity index (χ2v) is 6.61.